The number of nitrogens with zero attached hydrogens (tertiary/aromatic N) is 2. The van der Waals surface area contributed by atoms with E-state index in [1.807, 2.05) is 14.1 Å². The molecular formula is C21H26ClN3O2. The van der Waals surface area contributed by atoms with Gasteiger partial charge >= 0.3 is 0 Å². The molecule has 1 atom stereocenters. The first-order valence-corrected chi connectivity index (χ1v) is 9.55. The third kappa shape index (κ3) is 5.22. The van der Waals surface area contributed by atoms with Crippen LogP contribution >= 0.6 is 11.6 Å². The maximum absolute atomic E-state index is 12.5. The zero-order valence-corrected chi connectivity index (χ0v) is 16.6. The number of ether oxygens (including phenoxy) is 1. The molecule has 0 spiro atoms. The second-order valence-electron chi connectivity index (χ2n) is 6.87. The van der Waals surface area contributed by atoms with Gasteiger partial charge in [-0.15, -0.1) is 0 Å². The van der Waals surface area contributed by atoms with Crippen molar-refractivity contribution in [3.8, 4) is 0 Å². The van der Waals surface area contributed by atoms with Gasteiger partial charge in [0.2, 0.25) is 0 Å². The average Bonchev–Trinajstić information content (AvgIpc) is 2.69. The van der Waals surface area contributed by atoms with Crippen LogP contribution in [0.1, 0.15) is 22.0 Å². The molecule has 2 aromatic rings. The quantitative estimate of drug-likeness (QED) is 0.826. The summed E-state index contributed by atoms with van der Waals surface area (Å²) in [5.41, 5.74) is 2.92. The van der Waals surface area contributed by atoms with Crippen LogP contribution in [0.15, 0.2) is 48.5 Å². The number of carbonyl (C=O) groups excluding carboxylic acids is 1. The topological polar surface area (TPSA) is 44.8 Å². The third-order valence-corrected chi connectivity index (χ3v) is 5.06. The fourth-order valence-electron chi connectivity index (χ4n) is 3.26. The van der Waals surface area contributed by atoms with Crippen LogP contribution in [-0.2, 0) is 4.74 Å². The maximum atomic E-state index is 12.5. The fourth-order valence-corrected chi connectivity index (χ4v) is 3.45. The van der Waals surface area contributed by atoms with Crippen LogP contribution < -0.4 is 10.2 Å². The SMILES string of the molecule is CN(C)c1ccc(C(CNC(=O)c2cccc(Cl)c2)N2CCOCC2)cc1. The van der Waals surface area contributed by atoms with Gasteiger partial charge in [-0.2, -0.15) is 0 Å². The van der Waals surface area contributed by atoms with Gasteiger partial charge in [0, 0.05) is 50.0 Å². The lowest BCUT2D eigenvalue weighted by molar-refractivity contribution is 0.0162. The van der Waals surface area contributed by atoms with E-state index in [-0.39, 0.29) is 11.9 Å². The molecule has 0 bridgehead atoms. The fraction of sp³-hybridized carbons (Fsp3) is 0.381. The number of hydrogen-bond acceptors (Lipinski definition) is 4. The van der Waals surface area contributed by atoms with Gasteiger partial charge in [-0.05, 0) is 35.9 Å². The Bertz CT molecular complexity index is 758. The number of nitrogens with one attached hydrogen (secondary N) is 1. The van der Waals surface area contributed by atoms with Crippen LogP contribution in [0.5, 0.6) is 0 Å². The van der Waals surface area contributed by atoms with Gasteiger partial charge in [-0.1, -0.05) is 29.8 Å². The number of halogens is 1. The van der Waals surface area contributed by atoms with Crippen molar-refractivity contribution < 1.29 is 9.53 Å². The lowest BCUT2D eigenvalue weighted by Crippen LogP contribution is -2.43. The second-order valence-corrected chi connectivity index (χ2v) is 7.31. The molecule has 3 rings (SSSR count). The minimum atomic E-state index is -0.110. The summed E-state index contributed by atoms with van der Waals surface area (Å²) >= 11 is 6.00. The van der Waals surface area contributed by atoms with Gasteiger partial charge in [-0.25, -0.2) is 0 Å². The summed E-state index contributed by atoms with van der Waals surface area (Å²) in [5.74, 6) is -0.110. The summed E-state index contributed by atoms with van der Waals surface area (Å²) in [6.45, 7) is 3.68. The predicted molar refractivity (Wildman–Crippen MR) is 110 cm³/mol. The van der Waals surface area contributed by atoms with E-state index in [1.54, 1.807) is 24.3 Å². The molecule has 1 unspecified atom stereocenters. The minimum Gasteiger partial charge on any atom is -0.379 e. The van der Waals surface area contributed by atoms with Crippen LogP contribution in [0.2, 0.25) is 5.02 Å². The molecule has 1 N–H and O–H groups in total. The number of amides is 1. The number of morpholine rings is 1. The zero-order valence-electron chi connectivity index (χ0n) is 15.8. The number of benzene rings is 2. The van der Waals surface area contributed by atoms with Gasteiger partial charge in [0.05, 0.1) is 19.3 Å². The molecule has 1 amide bonds. The van der Waals surface area contributed by atoms with E-state index in [2.05, 4.69) is 39.4 Å². The van der Waals surface area contributed by atoms with Crippen molar-refractivity contribution in [2.24, 2.45) is 0 Å². The van der Waals surface area contributed by atoms with Crippen molar-refractivity contribution in [3.05, 3.63) is 64.7 Å². The largest absolute Gasteiger partial charge is 0.379 e. The Balaban J connectivity index is 1.74. The van der Waals surface area contributed by atoms with Crippen LogP contribution in [0.3, 0.4) is 0 Å². The van der Waals surface area contributed by atoms with Crippen LogP contribution in [0.25, 0.3) is 0 Å². The standard InChI is InChI=1S/C21H26ClN3O2/c1-24(2)19-8-6-16(7-9-19)20(25-10-12-27-13-11-25)15-23-21(26)17-4-3-5-18(22)14-17/h3-9,14,20H,10-13,15H2,1-2H3,(H,23,26). The molecule has 5 nitrogen and oxygen atoms in total. The Kier molecular flexibility index (Phi) is 6.72. The summed E-state index contributed by atoms with van der Waals surface area (Å²) in [5, 5.41) is 3.63. The molecule has 27 heavy (non-hydrogen) atoms. The average molecular weight is 388 g/mol. The summed E-state index contributed by atoms with van der Waals surface area (Å²) in [6.07, 6.45) is 0. The van der Waals surface area contributed by atoms with Gasteiger partial charge in [-0.3, -0.25) is 9.69 Å². The molecule has 0 aromatic heterocycles. The van der Waals surface area contributed by atoms with E-state index in [0.717, 1.165) is 18.8 Å². The monoisotopic (exact) mass is 387 g/mol. The first kappa shape index (κ1) is 19.7. The highest BCUT2D eigenvalue weighted by atomic mass is 35.5. The summed E-state index contributed by atoms with van der Waals surface area (Å²) < 4.78 is 5.49. The zero-order chi connectivity index (χ0) is 19.2. The van der Waals surface area contributed by atoms with Gasteiger partial charge in [0.25, 0.3) is 5.91 Å². The van der Waals surface area contributed by atoms with Crippen LogP contribution in [0, 0.1) is 0 Å². The molecule has 1 fully saturated rings. The van der Waals surface area contributed by atoms with Gasteiger partial charge in [0.15, 0.2) is 0 Å². The molecule has 1 aliphatic heterocycles. The first-order valence-electron chi connectivity index (χ1n) is 9.17. The lowest BCUT2D eigenvalue weighted by atomic mass is 10.0. The maximum Gasteiger partial charge on any atom is 0.251 e. The van der Waals surface area contributed by atoms with Crippen molar-refractivity contribution in [2.45, 2.75) is 6.04 Å². The first-order chi connectivity index (χ1) is 13.0. The van der Waals surface area contributed by atoms with Crippen molar-refractivity contribution in [2.75, 3.05) is 51.8 Å². The minimum absolute atomic E-state index is 0.105. The van der Waals surface area contributed by atoms with E-state index in [0.29, 0.717) is 30.3 Å². The predicted octanol–water partition coefficient (Wildman–Crippen LogP) is 3.21. The van der Waals surface area contributed by atoms with E-state index in [1.165, 1.54) is 5.56 Å². The Hall–Kier alpha value is -2.08. The van der Waals surface area contributed by atoms with E-state index in [9.17, 15) is 4.79 Å². The Morgan fingerprint density at radius 2 is 1.89 bits per heavy atom. The number of anilines is 1. The highest BCUT2D eigenvalue weighted by molar-refractivity contribution is 6.30. The Morgan fingerprint density at radius 3 is 2.52 bits per heavy atom. The molecule has 1 heterocycles. The second kappa shape index (κ2) is 9.22. The molecule has 0 radical (unpaired) electrons. The normalized spacial score (nSPS) is 16.0. The molecule has 0 saturated carbocycles. The summed E-state index contributed by atoms with van der Waals surface area (Å²) in [7, 11) is 4.05. The van der Waals surface area contributed by atoms with Crippen LogP contribution in [0.4, 0.5) is 5.69 Å². The van der Waals surface area contributed by atoms with Gasteiger partial charge in [0.1, 0.15) is 0 Å². The third-order valence-electron chi connectivity index (χ3n) is 4.82. The Labute approximate surface area is 165 Å². The van der Waals surface area contributed by atoms with Crippen molar-refractivity contribution in [3.63, 3.8) is 0 Å². The molecule has 144 valence electrons. The van der Waals surface area contributed by atoms with Crippen molar-refractivity contribution in [1.29, 1.82) is 0 Å². The Morgan fingerprint density at radius 1 is 1.19 bits per heavy atom. The van der Waals surface area contributed by atoms with Crippen molar-refractivity contribution in [1.82, 2.24) is 10.2 Å². The van der Waals surface area contributed by atoms with E-state index >= 15 is 0 Å². The molecule has 1 aliphatic rings. The molecular weight excluding hydrogens is 362 g/mol. The van der Waals surface area contributed by atoms with Crippen LogP contribution in [-0.4, -0.2) is 57.8 Å². The highest BCUT2D eigenvalue weighted by Crippen LogP contribution is 2.24. The van der Waals surface area contributed by atoms with Crippen molar-refractivity contribution >= 4 is 23.2 Å². The number of carbonyl (C=O) groups is 1. The number of rotatable bonds is 6. The van der Waals surface area contributed by atoms with E-state index < -0.39 is 0 Å². The smallest absolute Gasteiger partial charge is 0.251 e. The highest BCUT2D eigenvalue weighted by Gasteiger charge is 2.23. The summed E-state index contributed by atoms with van der Waals surface area (Å²) in [6, 6.07) is 15.6. The molecule has 2 aromatic carbocycles. The summed E-state index contributed by atoms with van der Waals surface area (Å²) in [4.78, 5) is 17.0. The molecule has 0 aliphatic carbocycles. The number of hydrogen-bond donors (Lipinski definition) is 1. The lowest BCUT2D eigenvalue weighted by Gasteiger charge is -2.35. The molecule has 6 heteroatoms. The van der Waals surface area contributed by atoms with Gasteiger partial charge < -0.3 is 15.0 Å². The molecule has 1 saturated heterocycles. The van der Waals surface area contributed by atoms with E-state index in [4.69, 9.17) is 16.3 Å².